The molecule has 0 radical (unpaired) electrons. The summed E-state index contributed by atoms with van der Waals surface area (Å²) in [6.07, 6.45) is -6.82. The number of alkyl halides is 5. The zero-order valence-corrected chi connectivity index (χ0v) is 22.5. The van der Waals surface area contributed by atoms with Gasteiger partial charge in [-0.1, -0.05) is 41.5 Å². The molecule has 0 rings (SSSR count). The van der Waals surface area contributed by atoms with Crippen LogP contribution in [0.3, 0.4) is 0 Å². The van der Waals surface area contributed by atoms with Crippen LogP contribution in [0.2, 0.25) is 0 Å². The molecule has 0 bridgehead atoms. The average molecular weight is 545 g/mol. The average Bonchev–Trinajstić information content (AvgIpc) is 2.67. The predicted molar refractivity (Wildman–Crippen MR) is 124 cm³/mol. The van der Waals surface area contributed by atoms with Gasteiger partial charge in [-0.2, -0.15) is 22.0 Å². The molecule has 0 heterocycles. The highest BCUT2D eigenvalue weighted by molar-refractivity contribution is 5.98. The zero-order chi connectivity index (χ0) is 29.7. The molecule has 0 aromatic rings. The molecule has 0 aliphatic rings. The third-order valence-corrected chi connectivity index (χ3v) is 5.05. The van der Waals surface area contributed by atoms with Crippen molar-refractivity contribution in [3.8, 4) is 0 Å². The molecule has 0 aliphatic heterocycles. The van der Waals surface area contributed by atoms with E-state index >= 15 is 0 Å². The summed E-state index contributed by atoms with van der Waals surface area (Å²) >= 11 is 0. The minimum Gasteiger partial charge on any atom is -0.349 e. The van der Waals surface area contributed by atoms with E-state index in [2.05, 4.69) is 10.6 Å². The van der Waals surface area contributed by atoms with Crippen LogP contribution >= 0.6 is 0 Å². The fraction of sp³-hybridized carbons (Fsp3) is 0.783. The van der Waals surface area contributed by atoms with Crippen molar-refractivity contribution in [1.82, 2.24) is 20.9 Å². The number of hydrogen-bond acceptors (Lipinski definition) is 5. The fourth-order valence-corrected chi connectivity index (χ4v) is 2.98. The molecule has 3 N–H and O–H groups in total. The van der Waals surface area contributed by atoms with Gasteiger partial charge in [-0.15, -0.1) is 0 Å². The maximum atomic E-state index is 13.4. The largest absolute Gasteiger partial charge is 0.461 e. The minimum absolute atomic E-state index is 0.0585. The lowest BCUT2D eigenvalue weighted by molar-refractivity contribution is -0.269. The standard InChI is InChI=1S/C23H37F5N4O5/c1-12(17(35)22(24,25)23(26,27)28)29-18(36)13(10-15(34)32(8)9)30-19(37)16(21(5,6)7)31-14(33)11-20(2,3)4/h12-13,16H,10-11H2,1-9H3,(H,29,36)(H,30,37)(H,31,33). The monoisotopic (exact) mass is 544 g/mol. The van der Waals surface area contributed by atoms with Crippen molar-refractivity contribution in [2.75, 3.05) is 14.1 Å². The maximum absolute atomic E-state index is 13.4. The molecule has 0 saturated carbocycles. The minimum atomic E-state index is -6.18. The topological polar surface area (TPSA) is 125 Å². The number of hydrogen-bond donors (Lipinski definition) is 3. The second-order valence-corrected chi connectivity index (χ2v) is 11.3. The molecular formula is C23H37F5N4O5. The second-order valence-electron chi connectivity index (χ2n) is 11.3. The summed E-state index contributed by atoms with van der Waals surface area (Å²) in [6, 6.07) is -5.26. The highest BCUT2D eigenvalue weighted by atomic mass is 19.4. The first-order chi connectivity index (χ1) is 16.3. The van der Waals surface area contributed by atoms with Gasteiger partial charge in [-0.25, -0.2) is 0 Å². The molecular weight excluding hydrogens is 507 g/mol. The molecule has 0 aliphatic carbocycles. The van der Waals surface area contributed by atoms with Gasteiger partial charge in [0, 0.05) is 20.5 Å². The number of amides is 4. The maximum Gasteiger partial charge on any atom is 0.461 e. The zero-order valence-electron chi connectivity index (χ0n) is 22.5. The second kappa shape index (κ2) is 12.2. The lowest BCUT2D eigenvalue weighted by Crippen LogP contribution is -2.60. The number of carbonyl (C=O) groups excluding carboxylic acids is 5. The quantitative estimate of drug-likeness (QED) is 0.364. The number of carbonyl (C=O) groups is 5. The van der Waals surface area contributed by atoms with E-state index in [1.165, 1.54) is 14.1 Å². The number of ketones is 1. The molecule has 214 valence electrons. The molecule has 0 fully saturated rings. The van der Waals surface area contributed by atoms with Gasteiger partial charge in [0.2, 0.25) is 29.4 Å². The Hall–Kier alpha value is -2.80. The number of Topliss-reactive ketones (excluding diaryl/α,β-unsaturated/α-hetero) is 1. The van der Waals surface area contributed by atoms with Gasteiger partial charge in [-0.05, 0) is 17.8 Å². The summed E-state index contributed by atoms with van der Waals surface area (Å²) in [5, 5.41) is 6.55. The molecule has 0 saturated heterocycles. The van der Waals surface area contributed by atoms with Crippen molar-refractivity contribution in [3.63, 3.8) is 0 Å². The van der Waals surface area contributed by atoms with E-state index < -0.39 is 76.9 Å². The number of nitrogens with one attached hydrogen (secondary N) is 3. The van der Waals surface area contributed by atoms with Crippen LogP contribution in [0.15, 0.2) is 0 Å². The Kier molecular flexibility index (Phi) is 11.2. The molecule has 0 spiro atoms. The van der Waals surface area contributed by atoms with Crippen LogP contribution in [0, 0.1) is 10.8 Å². The van der Waals surface area contributed by atoms with E-state index in [4.69, 9.17) is 0 Å². The molecule has 3 atom stereocenters. The van der Waals surface area contributed by atoms with Crippen molar-refractivity contribution < 1.29 is 45.9 Å². The summed E-state index contributed by atoms with van der Waals surface area (Å²) in [6.45, 7) is 10.9. The number of rotatable bonds is 10. The SMILES string of the molecule is CC(NC(=O)C(CC(=O)N(C)C)NC(=O)C(NC(=O)CC(C)(C)C)C(C)(C)C)C(=O)C(F)(F)C(F)(F)F. The van der Waals surface area contributed by atoms with Gasteiger partial charge in [0.1, 0.15) is 12.1 Å². The molecule has 0 aromatic carbocycles. The summed E-state index contributed by atoms with van der Waals surface area (Å²) in [7, 11) is 2.67. The Morgan fingerprint density at radius 3 is 1.65 bits per heavy atom. The van der Waals surface area contributed by atoms with Gasteiger partial charge in [0.25, 0.3) is 0 Å². The molecule has 37 heavy (non-hydrogen) atoms. The summed E-state index contributed by atoms with van der Waals surface area (Å²) < 4.78 is 64.5. The van der Waals surface area contributed by atoms with E-state index in [9.17, 15) is 45.9 Å². The van der Waals surface area contributed by atoms with Crippen LogP contribution in [0.25, 0.3) is 0 Å². The third kappa shape index (κ3) is 10.6. The molecule has 0 aromatic heterocycles. The Labute approximate surface area is 213 Å². The Bertz CT molecular complexity index is 876. The van der Waals surface area contributed by atoms with E-state index in [0.717, 1.165) is 4.90 Å². The van der Waals surface area contributed by atoms with Crippen molar-refractivity contribution in [1.29, 1.82) is 0 Å². The Balaban J connectivity index is 5.93. The van der Waals surface area contributed by atoms with Crippen LogP contribution in [-0.2, 0) is 24.0 Å². The van der Waals surface area contributed by atoms with Crippen molar-refractivity contribution in [2.45, 2.75) is 91.5 Å². The Morgan fingerprint density at radius 2 is 1.27 bits per heavy atom. The van der Waals surface area contributed by atoms with Crippen LogP contribution in [0.1, 0.15) is 61.3 Å². The van der Waals surface area contributed by atoms with Gasteiger partial charge in [0.15, 0.2) is 0 Å². The van der Waals surface area contributed by atoms with Crippen molar-refractivity contribution >= 4 is 29.4 Å². The van der Waals surface area contributed by atoms with Crippen LogP contribution in [-0.4, -0.2) is 78.6 Å². The highest BCUT2D eigenvalue weighted by Crippen LogP contribution is 2.36. The first kappa shape index (κ1) is 34.2. The number of nitrogens with zero attached hydrogens (tertiary/aromatic N) is 1. The van der Waals surface area contributed by atoms with E-state index in [1.54, 1.807) is 46.9 Å². The van der Waals surface area contributed by atoms with Gasteiger partial charge in [0.05, 0.1) is 12.5 Å². The molecule has 3 unspecified atom stereocenters. The highest BCUT2D eigenvalue weighted by Gasteiger charge is 2.64. The third-order valence-electron chi connectivity index (χ3n) is 5.05. The predicted octanol–water partition coefficient (Wildman–Crippen LogP) is 2.19. The van der Waals surface area contributed by atoms with E-state index in [-0.39, 0.29) is 6.42 Å². The van der Waals surface area contributed by atoms with Crippen molar-refractivity contribution in [2.24, 2.45) is 10.8 Å². The van der Waals surface area contributed by atoms with Crippen LogP contribution in [0.5, 0.6) is 0 Å². The van der Waals surface area contributed by atoms with E-state index in [0.29, 0.717) is 6.92 Å². The first-order valence-electron chi connectivity index (χ1n) is 11.4. The van der Waals surface area contributed by atoms with Crippen LogP contribution in [0.4, 0.5) is 22.0 Å². The van der Waals surface area contributed by atoms with Crippen LogP contribution < -0.4 is 16.0 Å². The molecule has 14 heteroatoms. The summed E-state index contributed by atoms with van der Waals surface area (Å²) in [5.41, 5.74) is -1.30. The Morgan fingerprint density at radius 1 is 0.784 bits per heavy atom. The van der Waals surface area contributed by atoms with Gasteiger partial charge >= 0.3 is 12.1 Å². The smallest absolute Gasteiger partial charge is 0.349 e. The normalized spacial score (nSPS) is 15.2. The lowest BCUT2D eigenvalue weighted by Gasteiger charge is -2.33. The van der Waals surface area contributed by atoms with Gasteiger partial charge < -0.3 is 20.9 Å². The fourth-order valence-electron chi connectivity index (χ4n) is 2.98. The van der Waals surface area contributed by atoms with Gasteiger partial charge in [-0.3, -0.25) is 24.0 Å². The van der Waals surface area contributed by atoms with E-state index in [1.807, 2.05) is 0 Å². The summed E-state index contributed by atoms with van der Waals surface area (Å²) in [4.78, 5) is 63.3. The molecule has 4 amide bonds. The number of halogens is 5. The summed E-state index contributed by atoms with van der Waals surface area (Å²) in [5.74, 6) is -11.7. The van der Waals surface area contributed by atoms with Crippen molar-refractivity contribution in [3.05, 3.63) is 0 Å². The lowest BCUT2D eigenvalue weighted by atomic mass is 9.85. The molecule has 9 nitrogen and oxygen atoms in total. The first-order valence-corrected chi connectivity index (χ1v) is 11.4.